The molecule has 1 aromatic carbocycles. The minimum atomic E-state index is -3.79. The lowest BCUT2D eigenvalue weighted by Gasteiger charge is -2.17. The maximum atomic E-state index is 12.4. The van der Waals surface area contributed by atoms with E-state index < -0.39 is 19.9 Å². The minimum Gasteiger partial charge on any atom is -0.329 e. The second-order valence-corrected chi connectivity index (χ2v) is 9.07. The van der Waals surface area contributed by atoms with E-state index in [1.807, 2.05) is 6.92 Å². The summed E-state index contributed by atoms with van der Waals surface area (Å²) in [4.78, 5) is -0.0484. The average molecular weight is 385 g/mol. The van der Waals surface area contributed by atoms with Gasteiger partial charge in [-0.25, -0.2) is 21.6 Å². The molecule has 0 saturated heterocycles. The van der Waals surface area contributed by atoms with Crippen molar-refractivity contribution in [2.45, 2.75) is 48.9 Å². The fraction of sp³-hybridized carbons (Fsp3) is 0.571. The van der Waals surface area contributed by atoms with Crippen molar-refractivity contribution in [3.05, 3.63) is 24.3 Å². The van der Waals surface area contributed by atoms with Gasteiger partial charge < -0.3 is 5.73 Å². The number of halogens is 1. The molecule has 0 aliphatic heterocycles. The molecule has 6 nitrogen and oxygen atoms in total. The highest BCUT2D eigenvalue weighted by atomic mass is 35.5. The van der Waals surface area contributed by atoms with Crippen LogP contribution in [0.25, 0.3) is 0 Å². The van der Waals surface area contributed by atoms with Crippen LogP contribution >= 0.6 is 12.4 Å². The zero-order valence-corrected chi connectivity index (χ0v) is 15.8. The molecule has 0 bridgehead atoms. The molecule has 0 aliphatic carbocycles. The van der Waals surface area contributed by atoms with Crippen molar-refractivity contribution in [1.82, 2.24) is 4.72 Å². The lowest BCUT2D eigenvalue weighted by Crippen LogP contribution is -2.40. The quantitative estimate of drug-likeness (QED) is 0.673. The van der Waals surface area contributed by atoms with Crippen LogP contribution in [0.15, 0.2) is 34.1 Å². The van der Waals surface area contributed by atoms with Gasteiger partial charge in [-0.1, -0.05) is 32.8 Å². The third kappa shape index (κ3) is 6.39. The molecule has 134 valence electrons. The number of nitrogens with two attached hydrogens (primary N) is 1. The summed E-state index contributed by atoms with van der Waals surface area (Å²) >= 11 is 0. The van der Waals surface area contributed by atoms with Crippen molar-refractivity contribution < 1.29 is 16.8 Å². The van der Waals surface area contributed by atoms with E-state index in [1.54, 1.807) is 0 Å². The van der Waals surface area contributed by atoms with Crippen LogP contribution in [0.1, 0.15) is 33.1 Å². The highest BCUT2D eigenvalue weighted by Gasteiger charge is 2.21. The van der Waals surface area contributed by atoms with Crippen molar-refractivity contribution in [2.24, 2.45) is 5.73 Å². The van der Waals surface area contributed by atoms with Crippen LogP contribution in [0.3, 0.4) is 0 Å². The Bertz CT molecular complexity index is 690. The zero-order valence-electron chi connectivity index (χ0n) is 13.4. The highest BCUT2D eigenvalue weighted by molar-refractivity contribution is 7.91. The number of benzene rings is 1. The second kappa shape index (κ2) is 9.58. The first-order chi connectivity index (χ1) is 10.3. The molecule has 1 atom stereocenters. The summed E-state index contributed by atoms with van der Waals surface area (Å²) in [5.74, 6) is -0.0775. The van der Waals surface area contributed by atoms with Crippen LogP contribution in [0.5, 0.6) is 0 Å². The maximum Gasteiger partial charge on any atom is 0.240 e. The van der Waals surface area contributed by atoms with Crippen molar-refractivity contribution in [1.29, 1.82) is 0 Å². The monoisotopic (exact) mass is 384 g/mol. The SMILES string of the molecule is CCCCC(CN)NS(=O)(=O)c1cccc(S(=O)(=O)CC)c1.Cl. The van der Waals surface area contributed by atoms with Crippen LogP contribution in [0.4, 0.5) is 0 Å². The van der Waals surface area contributed by atoms with Gasteiger partial charge in [0.1, 0.15) is 0 Å². The number of sulfonamides is 1. The molecule has 0 aliphatic rings. The molecule has 9 heteroatoms. The zero-order chi connectivity index (χ0) is 16.8. The summed E-state index contributed by atoms with van der Waals surface area (Å²) in [6, 6.07) is 5.05. The standard InChI is InChI=1S/C14H24N2O4S2.ClH/c1-3-5-7-12(11-15)16-22(19,20)14-9-6-8-13(10-14)21(17,18)4-2;/h6,8-10,12,16H,3-5,7,11,15H2,1-2H3;1H. The largest absolute Gasteiger partial charge is 0.329 e. The van der Waals surface area contributed by atoms with Gasteiger partial charge in [-0.15, -0.1) is 12.4 Å². The number of unbranched alkanes of at least 4 members (excludes halogenated alkanes) is 1. The molecule has 0 heterocycles. The van der Waals surface area contributed by atoms with Crippen LogP contribution < -0.4 is 10.5 Å². The summed E-state index contributed by atoms with van der Waals surface area (Å²) in [5.41, 5.74) is 5.60. The first kappa shape index (κ1) is 22.3. The fourth-order valence-electron chi connectivity index (χ4n) is 1.96. The number of sulfone groups is 1. The van der Waals surface area contributed by atoms with Gasteiger partial charge in [0.2, 0.25) is 10.0 Å². The Morgan fingerprint density at radius 3 is 2.26 bits per heavy atom. The van der Waals surface area contributed by atoms with Gasteiger partial charge in [-0.05, 0) is 24.6 Å². The van der Waals surface area contributed by atoms with Gasteiger partial charge in [0.15, 0.2) is 9.84 Å². The van der Waals surface area contributed by atoms with E-state index in [-0.39, 0.29) is 40.5 Å². The van der Waals surface area contributed by atoms with Crippen molar-refractivity contribution >= 4 is 32.3 Å². The fourth-order valence-corrected chi connectivity index (χ4v) is 4.29. The van der Waals surface area contributed by atoms with E-state index in [9.17, 15) is 16.8 Å². The maximum absolute atomic E-state index is 12.4. The summed E-state index contributed by atoms with van der Waals surface area (Å²) in [6.45, 7) is 3.73. The molecule has 1 aromatic rings. The summed E-state index contributed by atoms with van der Waals surface area (Å²) in [5, 5.41) is 0. The minimum absolute atomic E-state index is 0. The lowest BCUT2D eigenvalue weighted by molar-refractivity contribution is 0.516. The Balaban J connectivity index is 0.00000484. The Hall–Kier alpha value is -0.670. The molecule has 0 aromatic heterocycles. The molecule has 0 amide bonds. The summed E-state index contributed by atoms with van der Waals surface area (Å²) in [6.07, 6.45) is 2.47. The Labute approximate surface area is 145 Å². The van der Waals surface area contributed by atoms with Gasteiger partial charge in [0.05, 0.1) is 15.5 Å². The van der Waals surface area contributed by atoms with E-state index >= 15 is 0 Å². The molecule has 0 spiro atoms. The van der Waals surface area contributed by atoms with Gasteiger partial charge in [-0.3, -0.25) is 0 Å². The Kier molecular flexibility index (Phi) is 9.30. The predicted molar refractivity (Wildman–Crippen MR) is 94.1 cm³/mol. The van der Waals surface area contributed by atoms with E-state index in [1.165, 1.54) is 31.2 Å². The second-order valence-electron chi connectivity index (χ2n) is 5.07. The molecule has 0 fully saturated rings. The Morgan fingerprint density at radius 2 is 1.74 bits per heavy atom. The van der Waals surface area contributed by atoms with Gasteiger partial charge in [-0.2, -0.15) is 0 Å². The first-order valence-electron chi connectivity index (χ1n) is 7.32. The van der Waals surface area contributed by atoms with Gasteiger partial charge in [0, 0.05) is 12.6 Å². The molecule has 0 saturated carbocycles. The third-order valence-corrected chi connectivity index (χ3v) is 6.62. The Morgan fingerprint density at radius 1 is 1.13 bits per heavy atom. The molecule has 1 rings (SSSR count). The number of hydrogen-bond donors (Lipinski definition) is 2. The van der Waals surface area contributed by atoms with Crippen LogP contribution in [-0.4, -0.2) is 35.2 Å². The number of rotatable bonds is 9. The molecule has 23 heavy (non-hydrogen) atoms. The van der Waals surface area contributed by atoms with E-state index in [4.69, 9.17) is 5.73 Å². The van der Waals surface area contributed by atoms with E-state index in [0.717, 1.165) is 12.8 Å². The first-order valence-corrected chi connectivity index (χ1v) is 10.5. The topological polar surface area (TPSA) is 106 Å². The number of nitrogens with one attached hydrogen (secondary N) is 1. The van der Waals surface area contributed by atoms with Crippen LogP contribution in [0.2, 0.25) is 0 Å². The average Bonchev–Trinajstić information content (AvgIpc) is 2.51. The van der Waals surface area contributed by atoms with E-state index in [2.05, 4.69) is 4.72 Å². The van der Waals surface area contributed by atoms with Crippen LogP contribution in [-0.2, 0) is 19.9 Å². The molecule has 1 unspecified atom stereocenters. The van der Waals surface area contributed by atoms with Gasteiger partial charge in [0.25, 0.3) is 0 Å². The summed E-state index contributed by atoms with van der Waals surface area (Å²) < 4.78 is 51.0. The third-order valence-electron chi connectivity index (χ3n) is 3.37. The smallest absolute Gasteiger partial charge is 0.240 e. The lowest BCUT2D eigenvalue weighted by atomic mass is 10.1. The number of hydrogen-bond acceptors (Lipinski definition) is 5. The van der Waals surface area contributed by atoms with Gasteiger partial charge >= 0.3 is 0 Å². The highest BCUT2D eigenvalue weighted by Crippen LogP contribution is 2.17. The molecule has 3 N–H and O–H groups in total. The van der Waals surface area contributed by atoms with Crippen molar-refractivity contribution in [3.63, 3.8) is 0 Å². The predicted octanol–water partition coefficient (Wildman–Crippen LogP) is 1.70. The molecule has 0 radical (unpaired) electrons. The van der Waals surface area contributed by atoms with Crippen molar-refractivity contribution in [2.75, 3.05) is 12.3 Å². The molecular weight excluding hydrogens is 360 g/mol. The molecular formula is C14H25ClN2O4S2. The van der Waals surface area contributed by atoms with Crippen molar-refractivity contribution in [3.8, 4) is 0 Å². The summed E-state index contributed by atoms with van der Waals surface area (Å²) in [7, 11) is -7.23. The van der Waals surface area contributed by atoms with E-state index in [0.29, 0.717) is 6.42 Å². The van der Waals surface area contributed by atoms with Crippen LogP contribution in [0, 0.1) is 0 Å². The normalized spacial score (nSPS) is 13.3.